The van der Waals surface area contributed by atoms with Crippen LogP contribution in [0.15, 0.2) is 34.3 Å². The number of hydrogen-bond acceptors (Lipinski definition) is 1. The van der Waals surface area contributed by atoms with Crippen molar-refractivity contribution in [2.75, 3.05) is 6.54 Å². The Hall–Kier alpha value is 0.130. The van der Waals surface area contributed by atoms with Crippen molar-refractivity contribution in [3.63, 3.8) is 0 Å². The quantitative estimate of drug-likeness (QED) is 0.578. The smallest absolute Gasteiger partial charge is 0.0519 e. The van der Waals surface area contributed by atoms with E-state index in [1.165, 1.54) is 14.7 Å². The van der Waals surface area contributed by atoms with Gasteiger partial charge in [0, 0.05) is 8.04 Å². The van der Waals surface area contributed by atoms with Crippen molar-refractivity contribution in [3.8, 4) is 0 Å². The summed E-state index contributed by atoms with van der Waals surface area (Å²) in [5.74, 6) is 0. The number of allylic oxidation sites excluding steroid dienone is 1. The first-order valence-electron chi connectivity index (χ1n) is 5.38. The highest BCUT2D eigenvalue weighted by Crippen LogP contribution is 2.25. The molecule has 0 radical (unpaired) electrons. The molecule has 0 aliphatic heterocycles. The maximum absolute atomic E-state index is 3.53. The first-order chi connectivity index (χ1) is 7.54. The van der Waals surface area contributed by atoms with Crippen LogP contribution in [0.4, 0.5) is 0 Å². The molecule has 0 aliphatic rings. The first kappa shape index (κ1) is 14.2. The minimum Gasteiger partial charge on any atom is -0.307 e. The molecule has 1 N–H and O–H groups in total. The fourth-order valence-electron chi connectivity index (χ4n) is 1.56. The second-order valence-corrected chi connectivity index (χ2v) is 6.02. The van der Waals surface area contributed by atoms with Crippen molar-refractivity contribution < 1.29 is 0 Å². The molecule has 0 fully saturated rings. The summed E-state index contributed by atoms with van der Waals surface area (Å²) in [6.07, 6.45) is 2.27. The Morgan fingerprint density at radius 2 is 2.19 bits per heavy atom. The molecule has 1 unspecified atom stereocenters. The predicted octanol–water partition coefficient (Wildman–Crippen LogP) is 4.67. The molecule has 3 heteroatoms. The SMILES string of the molecule is CCNC(C=C(C)C)c1cc(Br)ccc1I. The summed E-state index contributed by atoms with van der Waals surface area (Å²) in [5.41, 5.74) is 2.67. The number of likely N-dealkylation sites (N-methyl/N-ethyl adjacent to an activating group) is 1. The highest BCUT2D eigenvalue weighted by molar-refractivity contribution is 14.1. The molecule has 88 valence electrons. The second-order valence-electron chi connectivity index (χ2n) is 3.95. The maximum atomic E-state index is 3.53. The predicted molar refractivity (Wildman–Crippen MR) is 82.7 cm³/mol. The van der Waals surface area contributed by atoms with Gasteiger partial charge in [-0.2, -0.15) is 0 Å². The molecule has 1 nitrogen and oxygen atoms in total. The largest absolute Gasteiger partial charge is 0.307 e. The van der Waals surface area contributed by atoms with Gasteiger partial charge in [0.25, 0.3) is 0 Å². The van der Waals surface area contributed by atoms with Gasteiger partial charge in [0.2, 0.25) is 0 Å². The van der Waals surface area contributed by atoms with Crippen LogP contribution in [0.5, 0.6) is 0 Å². The van der Waals surface area contributed by atoms with E-state index in [0.29, 0.717) is 6.04 Å². The topological polar surface area (TPSA) is 12.0 Å². The molecular formula is C13H17BrIN. The lowest BCUT2D eigenvalue weighted by Crippen LogP contribution is -2.20. The lowest BCUT2D eigenvalue weighted by Gasteiger charge is -2.17. The normalized spacial score (nSPS) is 12.3. The molecule has 1 rings (SSSR count). The van der Waals surface area contributed by atoms with E-state index < -0.39 is 0 Å². The third kappa shape index (κ3) is 4.18. The van der Waals surface area contributed by atoms with Crippen molar-refractivity contribution >= 4 is 38.5 Å². The molecule has 0 aromatic heterocycles. The molecule has 1 aromatic carbocycles. The van der Waals surface area contributed by atoms with Crippen LogP contribution in [0.1, 0.15) is 32.4 Å². The summed E-state index contributed by atoms with van der Waals surface area (Å²) in [4.78, 5) is 0. The van der Waals surface area contributed by atoms with Crippen molar-refractivity contribution in [1.29, 1.82) is 0 Å². The highest BCUT2D eigenvalue weighted by atomic mass is 127. The van der Waals surface area contributed by atoms with Gasteiger partial charge in [-0.1, -0.05) is 34.5 Å². The molecule has 16 heavy (non-hydrogen) atoms. The van der Waals surface area contributed by atoms with E-state index in [1.807, 2.05) is 0 Å². The Balaban J connectivity index is 3.09. The average Bonchev–Trinajstić information content (AvgIpc) is 2.20. The summed E-state index contributed by atoms with van der Waals surface area (Å²) in [6, 6.07) is 6.72. The molecule has 0 bridgehead atoms. The second kappa shape index (κ2) is 6.77. The van der Waals surface area contributed by atoms with Gasteiger partial charge in [0.15, 0.2) is 0 Å². The van der Waals surface area contributed by atoms with Crippen molar-refractivity contribution in [2.24, 2.45) is 0 Å². The minimum absolute atomic E-state index is 0.305. The average molecular weight is 394 g/mol. The van der Waals surface area contributed by atoms with Crippen LogP contribution in [-0.2, 0) is 0 Å². The zero-order valence-corrected chi connectivity index (χ0v) is 13.6. The van der Waals surface area contributed by atoms with E-state index in [2.05, 4.69) is 88.9 Å². The van der Waals surface area contributed by atoms with E-state index in [1.54, 1.807) is 0 Å². The van der Waals surface area contributed by atoms with E-state index in [0.717, 1.165) is 11.0 Å². The maximum Gasteiger partial charge on any atom is 0.0519 e. The minimum atomic E-state index is 0.305. The van der Waals surface area contributed by atoms with Crippen molar-refractivity contribution in [1.82, 2.24) is 5.32 Å². The Morgan fingerprint density at radius 3 is 2.75 bits per heavy atom. The Bertz CT molecular complexity index is 384. The van der Waals surface area contributed by atoms with Crippen LogP contribution in [-0.4, -0.2) is 6.54 Å². The molecule has 0 aliphatic carbocycles. The van der Waals surface area contributed by atoms with Crippen LogP contribution >= 0.6 is 38.5 Å². The number of rotatable bonds is 4. The first-order valence-corrected chi connectivity index (χ1v) is 7.25. The molecule has 0 saturated heterocycles. The summed E-state index contributed by atoms with van der Waals surface area (Å²) < 4.78 is 2.43. The lowest BCUT2D eigenvalue weighted by atomic mass is 10.0. The molecule has 0 amide bonds. The van der Waals surface area contributed by atoms with Crippen LogP contribution < -0.4 is 5.32 Å². The van der Waals surface area contributed by atoms with E-state index in [9.17, 15) is 0 Å². The number of halogens is 2. The fourth-order valence-corrected chi connectivity index (χ4v) is 2.61. The van der Waals surface area contributed by atoms with Gasteiger partial charge in [-0.25, -0.2) is 0 Å². The molecule has 0 heterocycles. The third-order valence-electron chi connectivity index (χ3n) is 2.22. The molecule has 0 saturated carbocycles. The molecular weight excluding hydrogens is 377 g/mol. The molecule has 0 spiro atoms. The summed E-state index contributed by atoms with van der Waals surface area (Å²) in [6.45, 7) is 7.37. The van der Waals surface area contributed by atoms with Crippen molar-refractivity contribution in [3.05, 3.63) is 43.5 Å². The summed E-state index contributed by atoms with van der Waals surface area (Å²) in [7, 11) is 0. The van der Waals surface area contributed by atoms with Gasteiger partial charge >= 0.3 is 0 Å². The van der Waals surface area contributed by atoms with E-state index in [-0.39, 0.29) is 0 Å². The standard InChI is InChI=1S/C13H17BrIN/c1-4-16-13(7-9(2)3)11-8-10(14)5-6-12(11)15/h5-8,13,16H,4H2,1-3H3. The van der Waals surface area contributed by atoms with Gasteiger partial charge in [-0.15, -0.1) is 0 Å². The Kier molecular flexibility index (Phi) is 6.00. The van der Waals surface area contributed by atoms with Crippen LogP contribution in [0, 0.1) is 3.57 Å². The van der Waals surface area contributed by atoms with Crippen LogP contribution in [0.3, 0.4) is 0 Å². The monoisotopic (exact) mass is 393 g/mol. The fraction of sp³-hybridized carbons (Fsp3) is 0.385. The Morgan fingerprint density at radius 1 is 1.50 bits per heavy atom. The lowest BCUT2D eigenvalue weighted by molar-refractivity contribution is 0.642. The third-order valence-corrected chi connectivity index (χ3v) is 3.69. The number of benzene rings is 1. The van der Waals surface area contributed by atoms with Gasteiger partial charge in [0.05, 0.1) is 6.04 Å². The summed E-state index contributed by atoms with van der Waals surface area (Å²) in [5, 5.41) is 3.50. The number of hydrogen-bond donors (Lipinski definition) is 1. The van der Waals surface area contributed by atoms with Crippen LogP contribution in [0.25, 0.3) is 0 Å². The molecule has 1 aromatic rings. The van der Waals surface area contributed by atoms with Gasteiger partial charge in [0.1, 0.15) is 0 Å². The van der Waals surface area contributed by atoms with Gasteiger partial charge in [-0.3, -0.25) is 0 Å². The zero-order valence-electron chi connectivity index (χ0n) is 9.85. The van der Waals surface area contributed by atoms with Crippen molar-refractivity contribution in [2.45, 2.75) is 26.8 Å². The van der Waals surface area contributed by atoms with E-state index in [4.69, 9.17) is 0 Å². The number of nitrogens with one attached hydrogen (secondary N) is 1. The van der Waals surface area contributed by atoms with E-state index >= 15 is 0 Å². The van der Waals surface area contributed by atoms with Gasteiger partial charge in [-0.05, 0) is 66.7 Å². The highest BCUT2D eigenvalue weighted by Gasteiger charge is 2.11. The summed E-state index contributed by atoms with van der Waals surface area (Å²) >= 11 is 5.92. The van der Waals surface area contributed by atoms with Gasteiger partial charge < -0.3 is 5.32 Å². The zero-order chi connectivity index (χ0) is 12.1. The molecule has 1 atom stereocenters. The Labute approximate surface area is 120 Å². The van der Waals surface area contributed by atoms with Crippen LogP contribution in [0.2, 0.25) is 0 Å².